The summed E-state index contributed by atoms with van der Waals surface area (Å²) in [6.45, 7) is 4.74. The first-order valence-corrected chi connectivity index (χ1v) is 6.84. The Hall–Kier alpha value is 0.730. The minimum Gasteiger partial charge on any atom is -0.0861 e. The molecule has 0 radical (unpaired) electrons. The molecule has 0 spiro atoms. The molecule has 2 unspecified atom stereocenters. The van der Waals surface area contributed by atoms with Crippen LogP contribution < -0.4 is 0 Å². The topological polar surface area (TPSA) is 0 Å². The van der Waals surface area contributed by atoms with E-state index < -0.39 is 0 Å². The van der Waals surface area contributed by atoms with Gasteiger partial charge in [0.1, 0.15) is 0 Å². The molecule has 1 rings (SSSR count). The molecule has 1 aliphatic rings. The average molecular weight is 280 g/mol. The molecule has 12 heavy (non-hydrogen) atoms. The fraction of sp³-hybridized carbons (Fsp3) is 1.00. The smallest absolute Gasteiger partial charge is 0.00211 e. The van der Waals surface area contributed by atoms with Crippen LogP contribution in [0.5, 0.6) is 0 Å². The Morgan fingerprint density at radius 3 is 2.50 bits per heavy atom. The second kappa shape index (κ2) is 5.46. The lowest BCUT2D eigenvalue weighted by Crippen LogP contribution is -2.04. The first-order valence-electron chi connectivity index (χ1n) is 5.32. The summed E-state index contributed by atoms with van der Waals surface area (Å²) in [6.07, 6.45) is 7.45. The van der Waals surface area contributed by atoms with Crippen molar-refractivity contribution in [3.8, 4) is 0 Å². The van der Waals surface area contributed by atoms with E-state index in [4.69, 9.17) is 0 Å². The summed E-state index contributed by atoms with van der Waals surface area (Å²) in [4.78, 5) is 0. The molecular weight excluding hydrogens is 259 g/mol. The highest BCUT2D eigenvalue weighted by Crippen LogP contribution is 2.36. The number of hydrogen-bond donors (Lipinski definition) is 0. The van der Waals surface area contributed by atoms with Gasteiger partial charge in [-0.05, 0) is 30.6 Å². The predicted molar refractivity (Wildman–Crippen MR) is 63.8 cm³/mol. The molecular formula is C11H21I. The lowest BCUT2D eigenvalue weighted by molar-refractivity contribution is 0.405. The van der Waals surface area contributed by atoms with E-state index >= 15 is 0 Å². The van der Waals surface area contributed by atoms with Gasteiger partial charge in [0, 0.05) is 4.43 Å². The maximum atomic E-state index is 2.51. The van der Waals surface area contributed by atoms with Gasteiger partial charge < -0.3 is 0 Å². The fourth-order valence-corrected chi connectivity index (χ4v) is 2.75. The van der Waals surface area contributed by atoms with Crippen molar-refractivity contribution in [2.24, 2.45) is 17.8 Å². The number of alkyl halides is 1. The van der Waals surface area contributed by atoms with E-state index in [2.05, 4.69) is 36.4 Å². The van der Waals surface area contributed by atoms with E-state index in [-0.39, 0.29) is 0 Å². The summed E-state index contributed by atoms with van der Waals surface area (Å²) < 4.78 is 1.34. The van der Waals surface area contributed by atoms with Crippen molar-refractivity contribution in [1.82, 2.24) is 0 Å². The number of halogens is 1. The molecule has 0 amide bonds. The fourth-order valence-electron chi connectivity index (χ4n) is 2.40. The predicted octanol–water partition coefficient (Wildman–Crippen LogP) is 4.27. The third-order valence-electron chi connectivity index (χ3n) is 3.23. The highest BCUT2D eigenvalue weighted by atomic mass is 127. The Morgan fingerprint density at radius 2 is 2.00 bits per heavy atom. The third kappa shape index (κ3) is 3.23. The van der Waals surface area contributed by atoms with Crippen LogP contribution in [0, 0.1) is 17.8 Å². The van der Waals surface area contributed by atoms with Crippen LogP contribution in [0.3, 0.4) is 0 Å². The van der Waals surface area contributed by atoms with Gasteiger partial charge in [-0.25, -0.2) is 0 Å². The standard InChI is InChI=1S/C11H21I/c1-3-10-4-5-11(7-10)6-9(2)8-12/h9-11H,3-8H2,1-2H3/t9?,10-,11?/m0/s1. The Morgan fingerprint density at radius 1 is 1.33 bits per heavy atom. The third-order valence-corrected chi connectivity index (χ3v) is 4.73. The van der Waals surface area contributed by atoms with Crippen LogP contribution in [0.2, 0.25) is 0 Å². The van der Waals surface area contributed by atoms with Gasteiger partial charge in [-0.1, -0.05) is 55.7 Å². The van der Waals surface area contributed by atoms with Gasteiger partial charge in [0.15, 0.2) is 0 Å². The molecule has 1 heteroatoms. The van der Waals surface area contributed by atoms with Crippen LogP contribution in [0.15, 0.2) is 0 Å². The summed E-state index contributed by atoms with van der Waals surface area (Å²) in [5.41, 5.74) is 0. The number of rotatable bonds is 4. The normalized spacial score (nSPS) is 32.2. The van der Waals surface area contributed by atoms with E-state index in [0.717, 1.165) is 17.8 Å². The van der Waals surface area contributed by atoms with E-state index in [1.807, 2.05) is 0 Å². The van der Waals surface area contributed by atoms with Gasteiger partial charge >= 0.3 is 0 Å². The van der Waals surface area contributed by atoms with Gasteiger partial charge in [-0.2, -0.15) is 0 Å². The van der Waals surface area contributed by atoms with Crippen molar-refractivity contribution in [2.75, 3.05) is 4.43 Å². The van der Waals surface area contributed by atoms with Crippen LogP contribution in [-0.4, -0.2) is 4.43 Å². The first-order chi connectivity index (χ1) is 5.76. The monoisotopic (exact) mass is 280 g/mol. The Bertz CT molecular complexity index is 122. The zero-order valence-electron chi connectivity index (χ0n) is 8.35. The van der Waals surface area contributed by atoms with Crippen molar-refractivity contribution in [3.63, 3.8) is 0 Å². The van der Waals surface area contributed by atoms with E-state index in [9.17, 15) is 0 Å². The molecule has 0 nitrogen and oxygen atoms in total. The highest BCUT2D eigenvalue weighted by Gasteiger charge is 2.24. The largest absolute Gasteiger partial charge is 0.0861 e. The van der Waals surface area contributed by atoms with E-state index in [0.29, 0.717) is 0 Å². The van der Waals surface area contributed by atoms with Crippen LogP contribution in [-0.2, 0) is 0 Å². The van der Waals surface area contributed by atoms with Crippen molar-refractivity contribution >= 4 is 22.6 Å². The maximum absolute atomic E-state index is 2.51. The van der Waals surface area contributed by atoms with Gasteiger partial charge in [0.25, 0.3) is 0 Å². The van der Waals surface area contributed by atoms with Crippen molar-refractivity contribution < 1.29 is 0 Å². The summed E-state index contributed by atoms with van der Waals surface area (Å²) in [7, 11) is 0. The Labute approximate surface area is 90.6 Å². The Kier molecular flexibility index (Phi) is 4.92. The van der Waals surface area contributed by atoms with Crippen molar-refractivity contribution in [1.29, 1.82) is 0 Å². The molecule has 0 aromatic heterocycles. The van der Waals surface area contributed by atoms with Crippen LogP contribution >= 0.6 is 22.6 Å². The van der Waals surface area contributed by atoms with Gasteiger partial charge in [0.05, 0.1) is 0 Å². The molecule has 1 saturated carbocycles. The second-order valence-electron chi connectivity index (χ2n) is 4.45. The lowest BCUT2D eigenvalue weighted by atomic mass is 9.94. The highest BCUT2D eigenvalue weighted by molar-refractivity contribution is 14.1. The summed E-state index contributed by atoms with van der Waals surface area (Å²) in [5.74, 6) is 3.09. The average Bonchev–Trinajstić information content (AvgIpc) is 2.52. The molecule has 0 N–H and O–H groups in total. The Balaban J connectivity index is 2.18. The molecule has 1 aliphatic carbocycles. The summed E-state index contributed by atoms with van der Waals surface area (Å²) >= 11 is 2.51. The summed E-state index contributed by atoms with van der Waals surface area (Å²) in [5, 5.41) is 0. The maximum Gasteiger partial charge on any atom is 0.00211 e. The van der Waals surface area contributed by atoms with Crippen LogP contribution in [0.1, 0.15) is 46.0 Å². The van der Waals surface area contributed by atoms with Gasteiger partial charge in [-0.15, -0.1) is 0 Å². The first kappa shape index (κ1) is 10.8. The minimum atomic E-state index is 0.950. The molecule has 0 aromatic rings. The molecule has 0 saturated heterocycles. The molecule has 3 atom stereocenters. The summed E-state index contributed by atoms with van der Waals surface area (Å²) in [6, 6.07) is 0. The molecule has 0 aliphatic heterocycles. The molecule has 1 fully saturated rings. The van der Waals surface area contributed by atoms with E-state index in [1.54, 1.807) is 0 Å². The SMILES string of the molecule is CC[C@H]1CCC(CC(C)CI)C1. The lowest BCUT2D eigenvalue weighted by Gasteiger charge is -2.14. The van der Waals surface area contributed by atoms with Crippen molar-refractivity contribution in [3.05, 3.63) is 0 Å². The molecule has 72 valence electrons. The van der Waals surface area contributed by atoms with Gasteiger partial charge in [0.2, 0.25) is 0 Å². The zero-order valence-corrected chi connectivity index (χ0v) is 10.5. The van der Waals surface area contributed by atoms with Gasteiger partial charge in [-0.3, -0.25) is 0 Å². The van der Waals surface area contributed by atoms with Crippen LogP contribution in [0.4, 0.5) is 0 Å². The van der Waals surface area contributed by atoms with Crippen molar-refractivity contribution in [2.45, 2.75) is 46.0 Å². The molecule has 0 aromatic carbocycles. The zero-order chi connectivity index (χ0) is 8.97. The second-order valence-corrected chi connectivity index (χ2v) is 5.33. The molecule has 0 bridgehead atoms. The number of hydrogen-bond acceptors (Lipinski definition) is 0. The van der Waals surface area contributed by atoms with E-state index in [1.165, 1.54) is 36.5 Å². The quantitative estimate of drug-likeness (QED) is 0.533. The minimum absolute atomic E-state index is 0.950. The van der Waals surface area contributed by atoms with Crippen LogP contribution in [0.25, 0.3) is 0 Å². The molecule has 0 heterocycles.